The van der Waals surface area contributed by atoms with E-state index in [9.17, 15) is 13.2 Å². The molecule has 0 unspecified atom stereocenters. The molecule has 0 amide bonds. The molecule has 0 heterocycles. The molecule has 3 N–H and O–H groups in total. The van der Waals surface area contributed by atoms with Crippen LogP contribution in [0.1, 0.15) is 34.8 Å². The van der Waals surface area contributed by atoms with Gasteiger partial charge in [0.15, 0.2) is 0 Å². The minimum absolute atomic E-state index is 0.0909. The topological polar surface area (TPSA) is 95.5 Å². The summed E-state index contributed by atoms with van der Waals surface area (Å²) in [5.74, 6) is -1.08. The lowest BCUT2D eigenvalue weighted by Crippen LogP contribution is -2.30. The van der Waals surface area contributed by atoms with Crippen molar-refractivity contribution in [2.45, 2.75) is 27.2 Å². The van der Waals surface area contributed by atoms with Crippen LogP contribution in [0.4, 0.5) is 5.69 Å². The van der Waals surface area contributed by atoms with Crippen LogP contribution in [0.25, 0.3) is 0 Å². The summed E-state index contributed by atoms with van der Waals surface area (Å²) in [6.07, 6.45) is 0.675. The van der Waals surface area contributed by atoms with Crippen molar-refractivity contribution in [1.82, 2.24) is 4.72 Å². The summed E-state index contributed by atoms with van der Waals surface area (Å²) in [6, 6.07) is 2.92. The van der Waals surface area contributed by atoms with Gasteiger partial charge in [-0.2, -0.15) is 13.1 Å². The highest BCUT2D eigenvalue weighted by atomic mass is 32.2. The first kappa shape index (κ1) is 15.5. The van der Waals surface area contributed by atoms with Crippen LogP contribution in [0.15, 0.2) is 12.1 Å². The Morgan fingerprint density at radius 2 is 1.95 bits per heavy atom. The molecule has 0 bridgehead atoms. The molecule has 1 aromatic carbocycles. The molecule has 0 saturated heterocycles. The summed E-state index contributed by atoms with van der Waals surface area (Å²) < 4.78 is 28.0. The van der Waals surface area contributed by atoms with Gasteiger partial charge in [-0.15, -0.1) is 0 Å². The molecule has 0 fully saturated rings. The molecule has 1 aromatic rings. The lowest BCUT2D eigenvalue weighted by molar-refractivity contribution is 0.0696. The number of carboxylic acid groups (broad SMARTS) is 1. The highest BCUT2D eigenvalue weighted by Gasteiger charge is 2.14. The van der Waals surface area contributed by atoms with Gasteiger partial charge in [0.25, 0.3) is 10.2 Å². The van der Waals surface area contributed by atoms with Crippen molar-refractivity contribution in [2.24, 2.45) is 0 Å². The Labute approximate surface area is 113 Å². The standard InChI is InChI=1S/C12H18N2O4S/c1-4-5-13-19(17,18)14-10-6-8(2)9(3)11(7-10)12(15)16/h6-7,13-14H,4-5H2,1-3H3,(H,15,16). The quantitative estimate of drug-likeness (QED) is 0.741. The first-order valence-electron chi connectivity index (χ1n) is 5.88. The maximum atomic E-state index is 11.7. The smallest absolute Gasteiger partial charge is 0.336 e. The lowest BCUT2D eigenvalue weighted by atomic mass is 10.0. The SMILES string of the molecule is CCCNS(=O)(=O)Nc1cc(C)c(C)c(C(=O)O)c1. The Morgan fingerprint density at radius 3 is 2.47 bits per heavy atom. The average molecular weight is 286 g/mol. The van der Waals surface area contributed by atoms with Crippen LogP contribution in [0, 0.1) is 13.8 Å². The van der Waals surface area contributed by atoms with E-state index in [4.69, 9.17) is 5.11 Å². The van der Waals surface area contributed by atoms with Crippen molar-refractivity contribution in [3.8, 4) is 0 Å². The molecule has 0 atom stereocenters. The molecule has 0 spiro atoms. The van der Waals surface area contributed by atoms with Crippen molar-refractivity contribution in [3.05, 3.63) is 28.8 Å². The Bertz CT molecular complexity index is 582. The Morgan fingerprint density at radius 1 is 1.32 bits per heavy atom. The zero-order valence-corrected chi connectivity index (χ0v) is 12.0. The minimum atomic E-state index is -3.66. The first-order chi connectivity index (χ1) is 8.76. The molecular formula is C12H18N2O4S. The van der Waals surface area contributed by atoms with E-state index in [-0.39, 0.29) is 11.3 Å². The van der Waals surface area contributed by atoms with Gasteiger partial charge in [0, 0.05) is 6.54 Å². The van der Waals surface area contributed by atoms with Gasteiger partial charge in [0.2, 0.25) is 0 Å². The summed E-state index contributed by atoms with van der Waals surface area (Å²) in [6.45, 7) is 5.60. The summed E-state index contributed by atoms with van der Waals surface area (Å²) >= 11 is 0. The van der Waals surface area contributed by atoms with Crippen LogP contribution in [-0.2, 0) is 10.2 Å². The normalized spacial score (nSPS) is 11.3. The van der Waals surface area contributed by atoms with E-state index in [2.05, 4.69) is 9.44 Å². The molecule has 19 heavy (non-hydrogen) atoms. The van der Waals surface area contributed by atoms with Crippen LogP contribution in [0.2, 0.25) is 0 Å². The van der Waals surface area contributed by atoms with E-state index in [0.717, 1.165) is 0 Å². The third-order valence-electron chi connectivity index (χ3n) is 2.69. The van der Waals surface area contributed by atoms with Crippen molar-refractivity contribution >= 4 is 21.9 Å². The van der Waals surface area contributed by atoms with Crippen LogP contribution in [-0.4, -0.2) is 26.0 Å². The molecule has 0 radical (unpaired) electrons. The third-order valence-corrected chi connectivity index (χ3v) is 3.78. The molecule has 0 aromatic heterocycles. The lowest BCUT2D eigenvalue weighted by Gasteiger charge is -2.12. The van der Waals surface area contributed by atoms with Gasteiger partial charge < -0.3 is 5.11 Å². The number of rotatable bonds is 6. The van der Waals surface area contributed by atoms with E-state index >= 15 is 0 Å². The number of hydrogen-bond donors (Lipinski definition) is 3. The van der Waals surface area contributed by atoms with Crippen LogP contribution >= 0.6 is 0 Å². The van der Waals surface area contributed by atoms with E-state index in [0.29, 0.717) is 24.1 Å². The van der Waals surface area contributed by atoms with Gasteiger partial charge in [-0.05, 0) is 43.5 Å². The van der Waals surface area contributed by atoms with Crippen LogP contribution < -0.4 is 9.44 Å². The largest absolute Gasteiger partial charge is 0.478 e. The Hall–Kier alpha value is -1.60. The van der Waals surface area contributed by atoms with Gasteiger partial charge in [0.1, 0.15) is 0 Å². The van der Waals surface area contributed by atoms with Gasteiger partial charge in [-0.1, -0.05) is 6.92 Å². The molecular weight excluding hydrogens is 268 g/mol. The molecule has 0 saturated carbocycles. The molecule has 0 aliphatic carbocycles. The molecule has 106 valence electrons. The maximum absolute atomic E-state index is 11.7. The zero-order valence-electron chi connectivity index (χ0n) is 11.1. The summed E-state index contributed by atoms with van der Waals surface area (Å²) in [5, 5.41) is 9.06. The predicted octanol–water partition coefficient (Wildman–Crippen LogP) is 1.66. The first-order valence-corrected chi connectivity index (χ1v) is 7.37. The number of carboxylic acids is 1. The predicted molar refractivity (Wildman–Crippen MR) is 73.7 cm³/mol. The van der Waals surface area contributed by atoms with Gasteiger partial charge >= 0.3 is 5.97 Å². The van der Waals surface area contributed by atoms with Crippen molar-refractivity contribution in [2.75, 3.05) is 11.3 Å². The molecule has 1 rings (SSSR count). The number of hydrogen-bond acceptors (Lipinski definition) is 3. The fourth-order valence-corrected chi connectivity index (χ4v) is 2.54. The number of anilines is 1. The number of aromatic carboxylic acids is 1. The highest BCUT2D eigenvalue weighted by molar-refractivity contribution is 7.90. The van der Waals surface area contributed by atoms with Crippen LogP contribution in [0.5, 0.6) is 0 Å². The van der Waals surface area contributed by atoms with E-state index < -0.39 is 16.2 Å². The van der Waals surface area contributed by atoms with Crippen molar-refractivity contribution in [1.29, 1.82) is 0 Å². The fraction of sp³-hybridized carbons (Fsp3) is 0.417. The summed E-state index contributed by atoms with van der Waals surface area (Å²) in [5.41, 5.74) is 1.67. The van der Waals surface area contributed by atoms with Crippen molar-refractivity contribution < 1.29 is 18.3 Å². The molecule has 6 nitrogen and oxygen atoms in total. The monoisotopic (exact) mass is 286 g/mol. The number of benzene rings is 1. The molecule has 7 heteroatoms. The summed E-state index contributed by atoms with van der Waals surface area (Å²) in [7, 11) is -3.66. The Kier molecular flexibility index (Phi) is 4.90. The molecule has 0 aliphatic rings. The summed E-state index contributed by atoms with van der Waals surface area (Å²) in [4.78, 5) is 11.1. The number of nitrogens with one attached hydrogen (secondary N) is 2. The van der Waals surface area contributed by atoms with Crippen molar-refractivity contribution in [3.63, 3.8) is 0 Å². The van der Waals surface area contributed by atoms with Gasteiger partial charge in [-0.25, -0.2) is 4.79 Å². The second kappa shape index (κ2) is 6.03. The number of carbonyl (C=O) groups is 1. The van der Waals surface area contributed by atoms with Gasteiger partial charge in [-0.3, -0.25) is 4.72 Å². The van der Waals surface area contributed by atoms with Gasteiger partial charge in [0.05, 0.1) is 11.3 Å². The van der Waals surface area contributed by atoms with E-state index in [1.807, 2.05) is 6.92 Å². The Balaban J connectivity index is 3.06. The highest BCUT2D eigenvalue weighted by Crippen LogP contribution is 2.20. The van der Waals surface area contributed by atoms with E-state index in [1.165, 1.54) is 6.07 Å². The average Bonchev–Trinajstić information content (AvgIpc) is 2.30. The second-order valence-electron chi connectivity index (χ2n) is 4.27. The zero-order chi connectivity index (χ0) is 14.6. The fourth-order valence-electron chi connectivity index (χ4n) is 1.57. The van der Waals surface area contributed by atoms with E-state index in [1.54, 1.807) is 19.9 Å². The number of aryl methyl sites for hydroxylation is 1. The molecule has 0 aliphatic heterocycles. The third kappa shape index (κ3) is 4.22. The van der Waals surface area contributed by atoms with Crippen LogP contribution in [0.3, 0.4) is 0 Å². The minimum Gasteiger partial charge on any atom is -0.478 e. The second-order valence-corrected chi connectivity index (χ2v) is 5.77. The maximum Gasteiger partial charge on any atom is 0.336 e.